The van der Waals surface area contributed by atoms with Gasteiger partial charge in [0.1, 0.15) is 21.5 Å². The van der Waals surface area contributed by atoms with E-state index in [-0.39, 0.29) is 16.7 Å². The zero-order valence-electron chi connectivity index (χ0n) is 15.6. The predicted octanol–water partition coefficient (Wildman–Crippen LogP) is 6.16. The lowest BCUT2D eigenvalue weighted by molar-refractivity contribution is -0.113. The number of carbonyl (C=O) groups excluding carboxylic acids is 1. The summed E-state index contributed by atoms with van der Waals surface area (Å²) >= 11 is 10.2. The van der Waals surface area contributed by atoms with Crippen LogP contribution in [-0.4, -0.2) is 26.8 Å². The van der Waals surface area contributed by atoms with E-state index in [0.29, 0.717) is 10.7 Å². The number of aryl methyl sites for hydroxylation is 1. The molecule has 3 heterocycles. The highest BCUT2D eigenvalue weighted by Crippen LogP contribution is 2.36. The van der Waals surface area contributed by atoms with E-state index in [4.69, 9.17) is 11.6 Å². The molecular formula is C20H14ClFN4OS3. The minimum atomic E-state index is -0.530. The van der Waals surface area contributed by atoms with Crippen molar-refractivity contribution in [3.05, 3.63) is 64.4 Å². The highest BCUT2D eigenvalue weighted by Gasteiger charge is 2.14. The van der Waals surface area contributed by atoms with E-state index in [9.17, 15) is 9.18 Å². The molecule has 0 radical (unpaired) electrons. The molecule has 0 spiro atoms. The second kappa shape index (κ2) is 9.22. The van der Waals surface area contributed by atoms with Crippen LogP contribution in [0.1, 0.15) is 5.69 Å². The maximum Gasteiger partial charge on any atom is 0.234 e. The van der Waals surface area contributed by atoms with Gasteiger partial charge in [0, 0.05) is 5.69 Å². The van der Waals surface area contributed by atoms with Gasteiger partial charge >= 0.3 is 0 Å². The van der Waals surface area contributed by atoms with Gasteiger partial charge in [-0.05, 0) is 48.7 Å². The summed E-state index contributed by atoms with van der Waals surface area (Å²) in [7, 11) is 0. The van der Waals surface area contributed by atoms with Crippen LogP contribution in [0.2, 0.25) is 5.02 Å². The monoisotopic (exact) mass is 476 g/mol. The number of nitrogens with one attached hydrogen (secondary N) is 1. The number of hydrogen-bond acceptors (Lipinski definition) is 7. The van der Waals surface area contributed by atoms with Crippen LogP contribution in [0, 0.1) is 12.7 Å². The SMILES string of the molecule is Cc1nc(-c2cccs2)sc1-c1ccc(SCC(=O)Nc2ccc(F)c(Cl)c2)nn1. The Morgan fingerprint density at radius 2 is 2.10 bits per heavy atom. The van der Waals surface area contributed by atoms with Crippen LogP contribution in [0.5, 0.6) is 0 Å². The van der Waals surface area contributed by atoms with E-state index in [1.165, 1.54) is 30.0 Å². The second-order valence-corrected chi connectivity index (χ2v) is 9.48. The number of thiophene rings is 1. The van der Waals surface area contributed by atoms with Crippen molar-refractivity contribution in [3.8, 4) is 20.5 Å². The number of benzene rings is 1. The molecule has 4 aromatic rings. The minimum Gasteiger partial charge on any atom is -0.325 e. The first-order valence-corrected chi connectivity index (χ1v) is 11.8. The average Bonchev–Trinajstić information content (AvgIpc) is 3.39. The highest BCUT2D eigenvalue weighted by atomic mass is 35.5. The standard InChI is InChI=1S/C20H14ClFN4OS3/c1-11-19(30-20(23-11)16-3-2-8-28-16)15-6-7-18(26-25-15)29-10-17(27)24-12-4-5-14(22)13(21)9-12/h2-9H,10H2,1H3,(H,24,27). The lowest BCUT2D eigenvalue weighted by Gasteiger charge is -2.06. The molecule has 0 aliphatic heterocycles. The fraction of sp³-hybridized carbons (Fsp3) is 0.100. The van der Waals surface area contributed by atoms with E-state index >= 15 is 0 Å². The molecule has 1 aromatic carbocycles. The molecule has 0 fully saturated rings. The number of thioether (sulfide) groups is 1. The Bertz CT molecular complexity index is 1180. The highest BCUT2D eigenvalue weighted by molar-refractivity contribution is 7.99. The van der Waals surface area contributed by atoms with Crippen molar-refractivity contribution in [1.82, 2.24) is 15.2 Å². The van der Waals surface area contributed by atoms with Crippen molar-refractivity contribution >= 4 is 57.6 Å². The minimum absolute atomic E-state index is 0.0393. The summed E-state index contributed by atoms with van der Waals surface area (Å²) in [6, 6.07) is 11.8. The molecule has 30 heavy (non-hydrogen) atoms. The van der Waals surface area contributed by atoms with Crippen molar-refractivity contribution in [3.63, 3.8) is 0 Å². The van der Waals surface area contributed by atoms with E-state index < -0.39 is 5.82 Å². The number of aromatic nitrogens is 3. The molecule has 1 N–H and O–H groups in total. The molecule has 0 unspecified atom stereocenters. The molecule has 152 valence electrons. The van der Waals surface area contributed by atoms with Crippen LogP contribution >= 0.6 is 46.0 Å². The summed E-state index contributed by atoms with van der Waals surface area (Å²) in [6.45, 7) is 1.96. The van der Waals surface area contributed by atoms with Gasteiger partial charge in [-0.2, -0.15) is 0 Å². The molecule has 4 rings (SSSR count). The zero-order valence-corrected chi connectivity index (χ0v) is 18.8. The van der Waals surface area contributed by atoms with Gasteiger partial charge < -0.3 is 5.32 Å². The third kappa shape index (κ3) is 4.86. The Morgan fingerprint density at radius 1 is 1.23 bits per heavy atom. The maximum atomic E-state index is 13.2. The molecule has 0 aliphatic rings. The van der Waals surface area contributed by atoms with Crippen LogP contribution in [0.3, 0.4) is 0 Å². The van der Waals surface area contributed by atoms with E-state index in [2.05, 4.69) is 20.5 Å². The Balaban J connectivity index is 1.38. The summed E-state index contributed by atoms with van der Waals surface area (Å²) in [6.07, 6.45) is 0. The van der Waals surface area contributed by atoms with Gasteiger partial charge in [0.15, 0.2) is 0 Å². The lowest BCUT2D eigenvalue weighted by Crippen LogP contribution is -2.14. The predicted molar refractivity (Wildman–Crippen MR) is 122 cm³/mol. The summed E-state index contributed by atoms with van der Waals surface area (Å²) in [5.41, 5.74) is 2.11. The van der Waals surface area contributed by atoms with Crippen LogP contribution in [-0.2, 0) is 4.79 Å². The third-order valence-electron chi connectivity index (χ3n) is 3.96. The van der Waals surface area contributed by atoms with Gasteiger partial charge in [-0.25, -0.2) is 9.37 Å². The zero-order chi connectivity index (χ0) is 21.1. The molecule has 0 atom stereocenters. The van der Waals surface area contributed by atoms with Crippen molar-refractivity contribution < 1.29 is 9.18 Å². The number of amides is 1. The Labute approximate surface area is 189 Å². The molecule has 10 heteroatoms. The first-order chi connectivity index (χ1) is 14.5. The topological polar surface area (TPSA) is 67.8 Å². The number of thiazole rings is 1. The number of hydrogen-bond donors (Lipinski definition) is 1. The van der Waals surface area contributed by atoms with E-state index in [1.807, 2.05) is 36.6 Å². The number of carbonyl (C=O) groups is 1. The number of nitrogens with zero attached hydrogens (tertiary/aromatic N) is 3. The Hall–Kier alpha value is -2.33. The number of rotatable bonds is 6. The van der Waals surface area contributed by atoms with Crippen molar-refractivity contribution in [2.75, 3.05) is 11.1 Å². The first kappa shape index (κ1) is 20.9. The normalized spacial score (nSPS) is 10.9. The van der Waals surface area contributed by atoms with Gasteiger partial charge in [0.05, 0.1) is 26.2 Å². The smallest absolute Gasteiger partial charge is 0.234 e. The van der Waals surface area contributed by atoms with Crippen LogP contribution in [0.4, 0.5) is 10.1 Å². The Kier molecular flexibility index (Phi) is 6.43. The molecule has 0 aliphatic carbocycles. The third-order valence-corrected chi connectivity index (χ3v) is 7.38. The van der Waals surface area contributed by atoms with Gasteiger partial charge in [-0.15, -0.1) is 32.9 Å². The quantitative estimate of drug-likeness (QED) is 0.337. The average molecular weight is 477 g/mol. The number of halogens is 2. The lowest BCUT2D eigenvalue weighted by atomic mass is 10.3. The van der Waals surface area contributed by atoms with Crippen LogP contribution < -0.4 is 5.32 Å². The Morgan fingerprint density at radius 3 is 2.80 bits per heavy atom. The van der Waals surface area contributed by atoms with Gasteiger partial charge in [0.2, 0.25) is 5.91 Å². The summed E-state index contributed by atoms with van der Waals surface area (Å²) in [5.74, 6) is -0.629. The fourth-order valence-corrected chi connectivity index (χ4v) is 5.19. The van der Waals surface area contributed by atoms with Gasteiger partial charge in [-0.1, -0.05) is 29.4 Å². The van der Waals surface area contributed by atoms with E-state index in [1.54, 1.807) is 22.7 Å². The molecule has 0 saturated carbocycles. The summed E-state index contributed by atoms with van der Waals surface area (Å²) in [4.78, 5) is 18.8. The molecule has 0 bridgehead atoms. The molecule has 1 amide bonds. The van der Waals surface area contributed by atoms with E-state index in [0.717, 1.165) is 26.1 Å². The van der Waals surface area contributed by atoms with Crippen molar-refractivity contribution in [1.29, 1.82) is 0 Å². The largest absolute Gasteiger partial charge is 0.325 e. The molecule has 3 aromatic heterocycles. The molecule has 0 saturated heterocycles. The first-order valence-electron chi connectivity index (χ1n) is 8.73. The summed E-state index contributed by atoms with van der Waals surface area (Å²) < 4.78 is 13.2. The van der Waals surface area contributed by atoms with Gasteiger partial charge in [0.25, 0.3) is 0 Å². The number of anilines is 1. The maximum absolute atomic E-state index is 13.2. The fourth-order valence-electron chi connectivity index (χ4n) is 2.57. The van der Waals surface area contributed by atoms with Crippen molar-refractivity contribution in [2.45, 2.75) is 11.9 Å². The van der Waals surface area contributed by atoms with Gasteiger partial charge in [-0.3, -0.25) is 4.79 Å². The van der Waals surface area contributed by atoms with Crippen molar-refractivity contribution in [2.24, 2.45) is 0 Å². The second-order valence-electron chi connectivity index (χ2n) is 6.13. The van der Waals surface area contributed by atoms with Crippen LogP contribution in [0.15, 0.2) is 52.9 Å². The molecular weight excluding hydrogens is 463 g/mol. The van der Waals surface area contributed by atoms with Crippen LogP contribution in [0.25, 0.3) is 20.5 Å². The summed E-state index contributed by atoms with van der Waals surface area (Å²) in [5, 5.41) is 14.8. The molecule has 5 nitrogen and oxygen atoms in total.